The predicted octanol–water partition coefficient (Wildman–Crippen LogP) is 4.85. The number of cyclic esters (lactones) is 1. The van der Waals surface area contributed by atoms with Crippen LogP contribution in [-0.2, 0) is 9.53 Å². The SMILES string of the molecule is COc1ccc2ccccc2c1/C=C1\N=C(c2ccc(Cl)cc2)OC1=O. The third-order valence-electron chi connectivity index (χ3n) is 4.14. The Balaban J connectivity index is 1.82. The van der Waals surface area contributed by atoms with Crippen LogP contribution in [0.2, 0.25) is 5.02 Å². The van der Waals surface area contributed by atoms with E-state index in [4.69, 9.17) is 21.1 Å². The lowest BCUT2D eigenvalue weighted by molar-refractivity contribution is -0.129. The van der Waals surface area contributed by atoms with Crippen LogP contribution in [-0.4, -0.2) is 19.0 Å². The van der Waals surface area contributed by atoms with E-state index < -0.39 is 5.97 Å². The minimum absolute atomic E-state index is 0.226. The van der Waals surface area contributed by atoms with E-state index in [1.54, 1.807) is 37.5 Å². The molecule has 0 radical (unpaired) electrons. The van der Waals surface area contributed by atoms with Crippen molar-refractivity contribution >= 4 is 40.3 Å². The van der Waals surface area contributed by atoms with Crippen molar-refractivity contribution in [2.45, 2.75) is 0 Å². The molecular formula is C21H14ClNO3. The Morgan fingerprint density at radius 2 is 1.81 bits per heavy atom. The standard InChI is InChI=1S/C21H14ClNO3/c1-25-19-11-8-13-4-2-3-5-16(13)17(19)12-18-21(24)26-20(23-18)14-6-9-15(22)10-7-14/h2-12H,1H3/b18-12-. The first-order valence-electron chi connectivity index (χ1n) is 8.00. The fourth-order valence-electron chi connectivity index (χ4n) is 2.86. The molecule has 1 aliphatic rings. The van der Waals surface area contributed by atoms with Gasteiger partial charge in [-0.3, -0.25) is 0 Å². The molecule has 0 N–H and O–H groups in total. The molecule has 0 aliphatic carbocycles. The fraction of sp³-hybridized carbons (Fsp3) is 0.0476. The molecule has 26 heavy (non-hydrogen) atoms. The van der Waals surface area contributed by atoms with E-state index in [2.05, 4.69) is 4.99 Å². The number of aliphatic imine (C=N–C) groups is 1. The Kier molecular flexibility index (Phi) is 4.19. The second-order valence-electron chi connectivity index (χ2n) is 5.75. The van der Waals surface area contributed by atoms with Gasteiger partial charge < -0.3 is 9.47 Å². The Morgan fingerprint density at radius 1 is 1.04 bits per heavy atom. The molecule has 1 aliphatic heterocycles. The second-order valence-corrected chi connectivity index (χ2v) is 6.18. The maximum Gasteiger partial charge on any atom is 0.363 e. The van der Waals surface area contributed by atoms with Crippen LogP contribution in [0.3, 0.4) is 0 Å². The lowest BCUT2D eigenvalue weighted by Gasteiger charge is -2.08. The summed E-state index contributed by atoms with van der Waals surface area (Å²) in [6.45, 7) is 0. The number of esters is 1. The van der Waals surface area contributed by atoms with E-state index in [9.17, 15) is 4.79 Å². The highest BCUT2D eigenvalue weighted by Gasteiger charge is 2.25. The van der Waals surface area contributed by atoms with E-state index in [0.29, 0.717) is 16.3 Å². The summed E-state index contributed by atoms with van der Waals surface area (Å²) >= 11 is 5.90. The first kappa shape index (κ1) is 16.4. The topological polar surface area (TPSA) is 47.9 Å². The number of hydrogen-bond donors (Lipinski definition) is 0. The monoisotopic (exact) mass is 363 g/mol. The van der Waals surface area contributed by atoms with Gasteiger partial charge in [0, 0.05) is 16.1 Å². The lowest BCUT2D eigenvalue weighted by atomic mass is 10.0. The van der Waals surface area contributed by atoms with E-state index >= 15 is 0 Å². The molecule has 0 fully saturated rings. The summed E-state index contributed by atoms with van der Waals surface area (Å²) in [7, 11) is 1.60. The molecule has 0 atom stereocenters. The van der Waals surface area contributed by atoms with Gasteiger partial charge >= 0.3 is 5.97 Å². The third kappa shape index (κ3) is 2.95. The first-order valence-corrected chi connectivity index (χ1v) is 8.38. The van der Waals surface area contributed by atoms with Crippen molar-refractivity contribution in [1.82, 2.24) is 0 Å². The molecule has 4 nitrogen and oxygen atoms in total. The number of rotatable bonds is 3. The van der Waals surface area contributed by atoms with Crippen molar-refractivity contribution < 1.29 is 14.3 Å². The number of nitrogens with zero attached hydrogens (tertiary/aromatic N) is 1. The number of fused-ring (bicyclic) bond motifs is 1. The van der Waals surface area contributed by atoms with Crippen LogP contribution in [0.15, 0.2) is 71.4 Å². The number of methoxy groups -OCH3 is 1. The highest BCUT2D eigenvalue weighted by molar-refractivity contribution is 6.30. The van der Waals surface area contributed by atoms with Gasteiger partial charge in [-0.1, -0.05) is 41.9 Å². The summed E-state index contributed by atoms with van der Waals surface area (Å²) in [4.78, 5) is 16.6. The minimum Gasteiger partial charge on any atom is -0.496 e. The number of halogens is 1. The van der Waals surface area contributed by atoms with Crippen LogP contribution in [0.4, 0.5) is 0 Å². The number of carbonyl (C=O) groups is 1. The molecule has 4 rings (SSSR count). The first-order chi connectivity index (χ1) is 12.7. The molecule has 3 aromatic rings. The van der Waals surface area contributed by atoms with E-state index in [1.807, 2.05) is 36.4 Å². The van der Waals surface area contributed by atoms with Crippen molar-refractivity contribution in [1.29, 1.82) is 0 Å². The Morgan fingerprint density at radius 3 is 2.58 bits per heavy atom. The average Bonchev–Trinajstić information content (AvgIpc) is 3.03. The summed E-state index contributed by atoms with van der Waals surface area (Å²) in [6.07, 6.45) is 1.70. The van der Waals surface area contributed by atoms with Gasteiger partial charge in [0.05, 0.1) is 7.11 Å². The zero-order valence-corrected chi connectivity index (χ0v) is 14.7. The van der Waals surface area contributed by atoms with Crippen molar-refractivity contribution in [3.63, 3.8) is 0 Å². The largest absolute Gasteiger partial charge is 0.496 e. The highest BCUT2D eigenvalue weighted by Crippen LogP contribution is 2.31. The van der Waals surface area contributed by atoms with Gasteiger partial charge in [-0.2, -0.15) is 0 Å². The lowest BCUT2D eigenvalue weighted by Crippen LogP contribution is -2.05. The third-order valence-corrected chi connectivity index (χ3v) is 4.40. The van der Waals surface area contributed by atoms with Gasteiger partial charge in [-0.05, 0) is 47.2 Å². The molecule has 128 valence electrons. The fourth-order valence-corrected chi connectivity index (χ4v) is 2.99. The summed E-state index contributed by atoms with van der Waals surface area (Å²) < 4.78 is 10.8. The molecule has 0 amide bonds. The molecular weight excluding hydrogens is 350 g/mol. The van der Waals surface area contributed by atoms with Gasteiger partial charge in [0.1, 0.15) is 5.75 Å². The van der Waals surface area contributed by atoms with Crippen molar-refractivity contribution in [3.05, 3.63) is 82.5 Å². The van der Waals surface area contributed by atoms with Crippen LogP contribution in [0.5, 0.6) is 5.75 Å². The number of benzene rings is 3. The van der Waals surface area contributed by atoms with Crippen molar-refractivity contribution in [2.24, 2.45) is 4.99 Å². The smallest absolute Gasteiger partial charge is 0.363 e. The van der Waals surface area contributed by atoms with E-state index in [1.165, 1.54) is 0 Å². The quantitative estimate of drug-likeness (QED) is 0.494. The van der Waals surface area contributed by atoms with E-state index in [-0.39, 0.29) is 11.6 Å². The van der Waals surface area contributed by atoms with Crippen LogP contribution < -0.4 is 4.74 Å². The minimum atomic E-state index is -0.495. The number of carbonyl (C=O) groups excluding carboxylic acids is 1. The molecule has 1 heterocycles. The van der Waals surface area contributed by atoms with Crippen LogP contribution >= 0.6 is 11.6 Å². The molecule has 0 unspecified atom stereocenters. The van der Waals surface area contributed by atoms with Crippen molar-refractivity contribution in [2.75, 3.05) is 7.11 Å². The number of hydrogen-bond acceptors (Lipinski definition) is 4. The Bertz CT molecular complexity index is 1070. The molecule has 0 aromatic heterocycles. The molecule has 0 bridgehead atoms. The zero-order chi connectivity index (χ0) is 18.1. The zero-order valence-electron chi connectivity index (χ0n) is 13.9. The van der Waals surface area contributed by atoms with Gasteiger partial charge in [0.25, 0.3) is 0 Å². The second kappa shape index (κ2) is 6.65. The summed E-state index contributed by atoms with van der Waals surface area (Å²) in [5, 5.41) is 2.63. The average molecular weight is 364 g/mol. The molecule has 3 aromatic carbocycles. The predicted molar refractivity (Wildman–Crippen MR) is 103 cm³/mol. The molecule has 0 saturated carbocycles. The van der Waals surface area contributed by atoms with Gasteiger partial charge in [-0.25, -0.2) is 9.79 Å². The van der Waals surface area contributed by atoms with Gasteiger partial charge in [0.15, 0.2) is 5.70 Å². The Labute approximate surface area is 155 Å². The number of ether oxygens (including phenoxy) is 2. The normalized spacial score (nSPS) is 15.2. The Hall–Kier alpha value is -3.11. The summed E-state index contributed by atoms with van der Waals surface area (Å²) in [5.41, 5.74) is 1.71. The maximum absolute atomic E-state index is 12.3. The maximum atomic E-state index is 12.3. The summed E-state index contributed by atoms with van der Waals surface area (Å²) in [5.74, 6) is 0.432. The molecule has 0 spiro atoms. The molecule has 0 saturated heterocycles. The summed E-state index contributed by atoms with van der Waals surface area (Å²) in [6, 6.07) is 18.7. The molecule has 5 heteroatoms. The van der Waals surface area contributed by atoms with Crippen molar-refractivity contribution in [3.8, 4) is 5.75 Å². The highest BCUT2D eigenvalue weighted by atomic mass is 35.5. The van der Waals surface area contributed by atoms with Crippen LogP contribution in [0.1, 0.15) is 11.1 Å². The van der Waals surface area contributed by atoms with Crippen LogP contribution in [0.25, 0.3) is 16.8 Å². The van der Waals surface area contributed by atoms with Crippen LogP contribution in [0, 0.1) is 0 Å². The van der Waals surface area contributed by atoms with Gasteiger partial charge in [-0.15, -0.1) is 0 Å². The van der Waals surface area contributed by atoms with Gasteiger partial charge in [0.2, 0.25) is 5.90 Å². The van der Waals surface area contributed by atoms with E-state index in [0.717, 1.165) is 16.3 Å².